The van der Waals surface area contributed by atoms with Crippen LogP contribution in [0.5, 0.6) is 5.75 Å². The third-order valence-corrected chi connectivity index (χ3v) is 3.09. The van der Waals surface area contributed by atoms with Crippen LogP contribution in [-0.2, 0) is 0 Å². The van der Waals surface area contributed by atoms with E-state index < -0.39 is 18.6 Å². The molecule has 7 heteroatoms. The highest BCUT2D eigenvalue weighted by Gasteiger charge is 2.16. The second-order valence-corrected chi connectivity index (χ2v) is 4.60. The van der Waals surface area contributed by atoms with E-state index >= 15 is 0 Å². The van der Waals surface area contributed by atoms with Crippen molar-refractivity contribution in [1.29, 1.82) is 0 Å². The Labute approximate surface area is 124 Å². The van der Waals surface area contributed by atoms with E-state index in [0.717, 1.165) is 0 Å². The number of carbonyl (C=O) groups is 1. The smallest absolute Gasteiger partial charge is 0.387 e. The molecule has 0 saturated carbocycles. The zero-order valence-corrected chi connectivity index (χ0v) is 11.7. The second kappa shape index (κ2) is 6.58. The molecule has 2 aromatic rings. The predicted molar refractivity (Wildman–Crippen MR) is 72.7 cm³/mol. The first-order chi connectivity index (χ1) is 9.97. The second-order valence-electron chi connectivity index (χ2n) is 4.25. The van der Waals surface area contributed by atoms with Crippen molar-refractivity contribution < 1.29 is 22.7 Å². The van der Waals surface area contributed by atoms with Crippen LogP contribution in [0, 0.1) is 0 Å². The van der Waals surface area contributed by atoms with Gasteiger partial charge in [0.05, 0.1) is 17.9 Å². The largest absolute Gasteiger partial charge is 0.452 e. The molecule has 1 atom stereocenters. The molecule has 112 valence electrons. The number of rotatable bonds is 5. The Hall–Kier alpha value is -2.08. The molecular weight excluding hydrogens is 304 g/mol. The van der Waals surface area contributed by atoms with Crippen LogP contribution in [0.4, 0.5) is 8.78 Å². The minimum Gasteiger partial charge on any atom is -0.452 e. The summed E-state index contributed by atoms with van der Waals surface area (Å²) in [6.07, 6.45) is 1.30. The third-order valence-electron chi connectivity index (χ3n) is 2.79. The summed E-state index contributed by atoms with van der Waals surface area (Å²) in [5.74, 6) is -0.383. The Morgan fingerprint density at radius 3 is 2.76 bits per heavy atom. The van der Waals surface area contributed by atoms with Gasteiger partial charge in [-0.1, -0.05) is 12.1 Å². The standard InChI is InChI=1S/C14H12ClF2NO3/c1-8(18-13(19)11-5-6-20-12(11)15)9-3-2-4-10(7-9)21-14(16)17/h2-8,14H,1H3,(H,18,19). The summed E-state index contributed by atoms with van der Waals surface area (Å²) in [5.41, 5.74) is 0.838. The topological polar surface area (TPSA) is 51.5 Å². The van der Waals surface area contributed by atoms with E-state index in [1.165, 1.54) is 24.5 Å². The van der Waals surface area contributed by atoms with Crippen molar-refractivity contribution >= 4 is 17.5 Å². The maximum atomic E-state index is 12.2. The molecule has 2 rings (SSSR count). The van der Waals surface area contributed by atoms with Crippen LogP contribution < -0.4 is 10.1 Å². The summed E-state index contributed by atoms with van der Waals surface area (Å²) in [7, 11) is 0. The molecule has 0 fully saturated rings. The normalized spacial score (nSPS) is 12.2. The molecule has 0 radical (unpaired) electrons. The van der Waals surface area contributed by atoms with E-state index in [1.54, 1.807) is 19.1 Å². The average Bonchev–Trinajstić information content (AvgIpc) is 2.84. The van der Waals surface area contributed by atoms with Gasteiger partial charge in [0.15, 0.2) is 0 Å². The van der Waals surface area contributed by atoms with Gasteiger partial charge in [-0.05, 0) is 42.3 Å². The summed E-state index contributed by atoms with van der Waals surface area (Å²) >= 11 is 5.72. The first kappa shape index (κ1) is 15.3. The van der Waals surface area contributed by atoms with Crippen LogP contribution in [-0.4, -0.2) is 12.5 Å². The molecule has 21 heavy (non-hydrogen) atoms. The number of ether oxygens (including phenoxy) is 1. The molecule has 1 aromatic carbocycles. The van der Waals surface area contributed by atoms with Crippen LogP contribution in [0.15, 0.2) is 41.0 Å². The van der Waals surface area contributed by atoms with Gasteiger partial charge in [-0.15, -0.1) is 0 Å². The van der Waals surface area contributed by atoms with Gasteiger partial charge in [-0.25, -0.2) is 0 Å². The van der Waals surface area contributed by atoms with Gasteiger partial charge >= 0.3 is 6.61 Å². The van der Waals surface area contributed by atoms with Gasteiger partial charge in [-0.3, -0.25) is 4.79 Å². The summed E-state index contributed by atoms with van der Waals surface area (Å²) in [6.45, 7) is -1.18. The number of hydrogen-bond acceptors (Lipinski definition) is 3. The molecule has 1 unspecified atom stereocenters. The lowest BCUT2D eigenvalue weighted by atomic mass is 10.1. The zero-order chi connectivity index (χ0) is 15.4. The van der Waals surface area contributed by atoms with Crippen molar-refractivity contribution in [1.82, 2.24) is 5.32 Å². The first-order valence-corrected chi connectivity index (χ1v) is 6.44. The van der Waals surface area contributed by atoms with Crippen molar-refractivity contribution in [3.8, 4) is 5.75 Å². The highest BCUT2D eigenvalue weighted by Crippen LogP contribution is 2.22. The lowest BCUT2D eigenvalue weighted by Crippen LogP contribution is -2.26. The number of amides is 1. The summed E-state index contributed by atoms with van der Waals surface area (Å²) in [5, 5.41) is 2.69. The van der Waals surface area contributed by atoms with E-state index in [1.807, 2.05) is 0 Å². The van der Waals surface area contributed by atoms with Gasteiger partial charge in [-0.2, -0.15) is 8.78 Å². The van der Waals surface area contributed by atoms with Crippen LogP contribution in [0.2, 0.25) is 5.22 Å². The molecule has 0 saturated heterocycles. The molecule has 0 aliphatic rings. The number of halogens is 3. The van der Waals surface area contributed by atoms with Crippen LogP contribution in [0.3, 0.4) is 0 Å². The Morgan fingerprint density at radius 1 is 1.38 bits per heavy atom. The molecular formula is C14H12ClF2NO3. The minimum atomic E-state index is -2.89. The lowest BCUT2D eigenvalue weighted by Gasteiger charge is -2.15. The molecule has 0 spiro atoms. The Bertz CT molecular complexity index is 630. The Kier molecular flexibility index (Phi) is 4.80. The molecule has 1 heterocycles. The highest BCUT2D eigenvalue weighted by atomic mass is 35.5. The molecule has 4 nitrogen and oxygen atoms in total. The minimum absolute atomic E-state index is 0.00511. The quantitative estimate of drug-likeness (QED) is 0.906. The zero-order valence-electron chi connectivity index (χ0n) is 11.0. The molecule has 1 amide bonds. The molecule has 1 aromatic heterocycles. The van der Waals surface area contributed by atoms with Crippen molar-refractivity contribution in [3.63, 3.8) is 0 Å². The van der Waals surface area contributed by atoms with Gasteiger partial charge in [0.1, 0.15) is 5.75 Å². The maximum Gasteiger partial charge on any atom is 0.387 e. The van der Waals surface area contributed by atoms with Crippen molar-refractivity contribution in [2.75, 3.05) is 0 Å². The summed E-state index contributed by atoms with van der Waals surface area (Å²) in [6, 6.07) is 7.15. The average molecular weight is 316 g/mol. The van der Waals surface area contributed by atoms with E-state index in [4.69, 9.17) is 16.0 Å². The van der Waals surface area contributed by atoms with E-state index in [-0.39, 0.29) is 16.5 Å². The van der Waals surface area contributed by atoms with Gasteiger partial charge in [0, 0.05) is 0 Å². The third kappa shape index (κ3) is 3.95. The van der Waals surface area contributed by atoms with Crippen LogP contribution in [0.1, 0.15) is 28.9 Å². The van der Waals surface area contributed by atoms with E-state index in [0.29, 0.717) is 5.56 Å². The first-order valence-electron chi connectivity index (χ1n) is 6.06. The highest BCUT2D eigenvalue weighted by molar-refractivity contribution is 6.32. The van der Waals surface area contributed by atoms with E-state index in [9.17, 15) is 13.6 Å². The number of hydrogen-bond donors (Lipinski definition) is 1. The molecule has 0 bridgehead atoms. The fourth-order valence-corrected chi connectivity index (χ4v) is 1.97. The molecule has 0 aliphatic heterocycles. The van der Waals surface area contributed by atoms with Crippen molar-refractivity contribution in [3.05, 3.63) is 52.9 Å². The van der Waals surface area contributed by atoms with Crippen molar-refractivity contribution in [2.24, 2.45) is 0 Å². The fourth-order valence-electron chi connectivity index (χ4n) is 1.77. The number of alkyl halides is 2. The van der Waals surface area contributed by atoms with Crippen LogP contribution >= 0.6 is 11.6 Å². The lowest BCUT2D eigenvalue weighted by molar-refractivity contribution is -0.0499. The van der Waals surface area contributed by atoms with Gasteiger partial charge in [0.25, 0.3) is 5.91 Å². The van der Waals surface area contributed by atoms with Crippen LogP contribution in [0.25, 0.3) is 0 Å². The number of nitrogens with one attached hydrogen (secondary N) is 1. The number of furan rings is 1. The van der Waals surface area contributed by atoms with Gasteiger partial charge < -0.3 is 14.5 Å². The Morgan fingerprint density at radius 2 is 2.14 bits per heavy atom. The SMILES string of the molecule is CC(NC(=O)c1ccoc1Cl)c1cccc(OC(F)F)c1. The maximum absolute atomic E-state index is 12.2. The van der Waals surface area contributed by atoms with Crippen molar-refractivity contribution in [2.45, 2.75) is 19.6 Å². The Balaban J connectivity index is 2.08. The molecule has 0 aliphatic carbocycles. The van der Waals surface area contributed by atoms with Gasteiger partial charge in [0.2, 0.25) is 5.22 Å². The summed E-state index contributed by atoms with van der Waals surface area (Å²) < 4.78 is 33.5. The number of benzene rings is 1. The fraction of sp³-hybridized carbons (Fsp3) is 0.214. The number of carbonyl (C=O) groups excluding carboxylic acids is 1. The van der Waals surface area contributed by atoms with E-state index in [2.05, 4.69) is 10.1 Å². The summed E-state index contributed by atoms with van der Waals surface area (Å²) in [4.78, 5) is 12.0. The predicted octanol–water partition coefficient (Wildman–Crippen LogP) is 4.03. The molecule has 1 N–H and O–H groups in total. The monoisotopic (exact) mass is 315 g/mol.